The van der Waals surface area contributed by atoms with Gasteiger partial charge in [-0.15, -0.1) is 0 Å². The van der Waals surface area contributed by atoms with E-state index in [0.717, 1.165) is 11.1 Å². The Labute approximate surface area is 78.7 Å². The first-order valence-corrected chi connectivity index (χ1v) is 4.63. The maximum Gasteiger partial charge on any atom is 0.137 e. The van der Waals surface area contributed by atoms with Crippen LogP contribution in [0.2, 0.25) is 5.15 Å². The summed E-state index contributed by atoms with van der Waals surface area (Å²) in [5.74, 6) is 0.744. The lowest BCUT2D eigenvalue weighted by Crippen LogP contribution is -1.97. The smallest absolute Gasteiger partial charge is 0.137 e. The highest BCUT2D eigenvalue weighted by Gasteiger charge is 1.92. The maximum absolute atomic E-state index is 5.57. The molecule has 0 aliphatic carbocycles. The van der Waals surface area contributed by atoms with Crippen molar-refractivity contribution in [1.82, 2.24) is 4.98 Å². The number of hydrogen-bond donors (Lipinski definition) is 0. The fourth-order valence-corrected chi connectivity index (χ4v) is 0.878. The molecule has 0 N–H and O–H groups in total. The Balaban J connectivity index is 2.52. The molecule has 0 aliphatic rings. The van der Waals surface area contributed by atoms with E-state index in [4.69, 9.17) is 16.3 Å². The lowest BCUT2D eigenvalue weighted by atomic mass is 10.5. The molecule has 60 valence electrons. The van der Waals surface area contributed by atoms with Gasteiger partial charge in [0.2, 0.25) is 0 Å². The summed E-state index contributed by atoms with van der Waals surface area (Å²) >= 11 is 8.82. The third-order valence-electron chi connectivity index (χ3n) is 1.05. The van der Waals surface area contributed by atoms with Crippen LogP contribution in [0.4, 0.5) is 0 Å². The molecule has 11 heavy (non-hydrogen) atoms. The van der Waals surface area contributed by atoms with Crippen LogP contribution in [0.3, 0.4) is 0 Å². The monoisotopic (exact) mass is 235 g/mol. The number of aromatic nitrogens is 1. The zero-order valence-electron chi connectivity index (χ0n) is 5.76. The lowest BCUT2D eigenvalue weighted by molar-refractivity contribution is 0.343. The molecule has 1 aromatic heterocycles. The van der Waals surface area contributed by atoms with Crippen molar-refractivity contribution in [3.8, 4) is 5.75 Å². The van der Waals surface area contributed by atoms with Gasteiger partial charge >= 0.3 is 0 Å². The second-order valence-corrected chi connectivity index (χ2v) is 3.03. The summed E-state index contributed by atoms with van der Waals surface area (Å²) in [5, 5.41) is 1.30. The van der Waals surface area contributed by atoms with Crippen molar-refractivity contribution >= 4 is 27.5 Å². The van der Waals surface area contributed by atoms with Gasteiger partial charge in [0.1, 0.15) is 10.9 Å². The number of halogens is 2. The second-order valence-electron chi connectivity index (χ2n) is 1.85. The Kier molecular flexibility index (Phi) is 3.66. The highest BCUT2D eigenvalue weighted by atomic mass is 79.9. The summed E-state index contributed by atoms with van der Waals surface area (Å²) in [4.78, 5) is 3.86. The van der Waals surface area contributed by atoms with Crippen LogP contribution in [0.5, 0.6) is 5.75 Å². The van der Waals surface area contributed by atoms with Gasteiger partial charge in [-0.1, -0.05) is 27.5 Å². The molecule has 0 radical (unpaired) electrons. The molecule has 0 spiro atoms. The van der Waals surface area contributed by atoms with Gasteiger partial charge in [-0.2, -0.15) is 0 Å². The van der Waals surface area contributed by atoms with Crippen molar-refractivity contribution in [2.24, 2.45) is 0 Å². The minimum Gasteiger partial charge on any atom is -0.491 e. The molecule has 0 saturated carbocycles. The first-order valence-electron chi connectivity index (χ1n) is 3.13. The van der Waals surface area contributed by atoms with Gasteiger partial charge in [-0.3, -0.25) is 0 Å². The fourth-order valence-electron chi connectivity index (χ4n) is 0.604. The lowest BCUT2D eigenvalue weighted by Gasteiger charge is -2.01. The van der Waals surface area contributed by atoms with Crippen molar-refractivity contribution < 1.29 is 4.74 Å². The third-order valence-corrected chi connectivity index (χ3v) is 1.59. The molecule has 0 aliphatic heterocycles. The molecule has 0 fully saturated rings. The van der Waals surface area contributed by atoms with Crippen LogP contribution in [0.1, 0.15) is 0 Å². The van der Waals surface area contributed by atoms with Crippen molar-refractivity contribution in [2.75, 3.05) is 11.9 Å². The van der Waals surface area contributed by atoms with Crippen molar-refractivity contribution in [3.05, 3.63) is 23.5 Å². The van der Waals surface area contributed by atoms with Gasteiger partial charge < -0.3 is 4.74 Å². The maximum atomic E-state index is 5.57. The largest absolute Gasteiger partial charge is 0.491 e. The van der Waals surface area contributed by atoms with Crippen LogP contribution in [0, 0.1) is 0 Å². The Hall–Kier alpha value is -0.280. The van der Waals surface area contributed by atoms with E-state index < -0.39 is 0 Å². The molecule has 4 heteroatoms. The quantitative estimate of drug-likeness (QED) is 0.594. The molecule has 0 bridgehead atoms. The minimum absolute atomic E-state index is 0.483. The summed E-state index contributed by atoms with van der Waals surface area (Å²) in [7, 11) is 0. The van der Waals surface area contributed by atoms with Gasteiger partial charge in [0.25, 0.3) is 0 Å². The van der Waals surface area contributed by atoms with E-state index in [2.05, 4.69) is 20.9 Å². The van der Waals surface area contributed by atoms with Gasteiger partial charge in [0, 0.05) is 5.33 Å². The van der Waals surface area contributed by atoms with Crippen LogP contribution in [-0.2, 0) is 0 Å². The molecule has 1 heterocycles. The SMILES string of the molecule is Clc1ccc(OCCBr)cn1. The van der Waals surface area contributed by atoms with E-state index in [1.54, 1.807) is 18.3 Å². The number of pyridine rings is 1. The number of hydrogen-bond acceptors (Lipinski definition) is 2. The van der Waals surface area contributed by atoms with Crippen LogP contribution >= 0.6 is 27.5 Å². The standard InChI is InChI=1S/C7H7BrClNO/c8-3-4-11-6-1-2-7(9)10-5-6/h1-2,5H,3-4H2. The number of nitrogens with zero attached hydrogens (tertiary/aromatic N) is 1. The number of ether oxygens (including phenoxy) is 1. The van der Waals surface area contributed by atoms with Crippen molar-refractivity contribution in [2.45, 2.75) is 0 Å². The topological polar surface area (TPSA) is 22.1 Å². The molecule has 1 rings (SSSR count). The fraction of sp³-hybridized carbons (Fsp3) is 0.286. The van der Waals surface area contributed by atoms with Crippen LogP contribution in [0.15, 0.2) is 18.3 Å². The van der Waals surface area contributed by atoms with Gasteiger partial charge in [0.15, 0.2) is 0 Å². The zero-order chi connectivity index (χ0) is 8.10. The van der Waals surface area contributed by atoms with E-state index in [0.29, 0.717) is 11.8 Å². The van der Waals surface area contributed by atoms with Crippen LogP contribution in [0.25, 0.3) is 0 Å². The van der Waals surface area contributed by atoms with Crippen molar-refractivity contribution in [1.29, 1.82) is 0 Å². The number of alkyl halides is 1. The average Bonchev–Trinajstić information content (AvgIpc) is 2.04. The third kappa shape index (κ3) is 3.08. The Morgan fingerprint density at radius 2 is 2.36 bits per heavy atom. The highest BCUT2D eigenvalue weighted by molar-refractivity contribution is 9.09. The van der Waals surface area contributed by atoms with E-state index in [1.807, 2.05) is 0 Å². The average molecular weight is 236 g/mol. The summed E-state index contributed by atoms with van der Waals surface area (Å²) in [6, 6.07) is 3.49. The summed E-state index contributed by atoms with van der Waals surface area (Å²) < 4.78 is 5.24. The second kappa shape index (κ2) is 4.57. The Morgan fingerprint density at radius 3 is 2.91 bits per heavy atom. The van der Waals surface area contributed by atoms with E-state index in [-0.39, 0.29) is 0 Å². The first kappa shape index (κ1) is 8.81. The van der Waals surface area contributed by atoms with Gasteiger partial charge in [-0.25, -0.2) is 4.98 Å². The Morgan fingerprint density at radius 1 is 1.55 bits per heavy atom. The predicted octanol–water partition coefficient (Wildman–Crippen LogP) is 2.51. The van der Waals surface area contributed by atoms with E-state index >= 15 is 0 Å². The zero-order valence-corrected chi connectivity index (χ0v) is 8.10. The van der Waals surface area contributed by atoms with Gasteiger partial charge in [0.05, 0.1) is 12.8 Å². The molecule has 0 atom stereocenters. The molecule has 0 unspecified atom stereocenters. The minimum atomic E-state index is 0.483. The molecule has 1 aromatic rings. The molecular formula is C7H7BrClNO. The molecule has 0 amide bonds. The van der Waals surface area contributed by atoms with Gasteiger partial charge in [-0.05, 0) is 12.1 Å². The summed E-state index contributed by atoms with van der Waals surface area (Å²) in [5.41, 5.74) is 0. The van der Waals surface area contributed by atoms with Crippen LogP contribution in [-0.4, -0.2) is 16.9 Å². The Bertz CT molecular complexity index is 214. The normalized spacial score (nSPS) is 9.64. The molecule has 0 aromatic carbocycles. The van der Waals surface area contributed by atoms with Crippen molar-refractivity contribution in [3.63, 3.8) is 0 Å². The molecular weight excluding hydrogens is 229 g/mol. The van der Waals surface area contributed by atoms with Crippen LogP contribution < -0.4 is 4.74 Å². The number of rotatable bonds is 3. The van der Waals surface area contributed by atoms with E-state index in [1.165, 1.54) is 0 Å². The summed E-state index contributed by atoms with van der Waals surface area (Å²) in [6.45, 7) is 0.642. The molecule has 2 nitrogen and oxygen atoms in total. The summed E-state index contributed by atoms with van der Waals surface area (Å²) in [6.07, 6.45) is 1.60. The molecule has 0 saturated heterocycles. The van der Waals surface area contributed by atoms with E-state index in [9.17, 15) is 0 Å². The first-order chi connectivity index (χ1) is 5.33. The highest BCUT2D eigenvalue weighted by Crippen LogP contribution is 2.11. The predicted molar refractivity (Wildman–Crippen MR) is 48.5 cm³/mol.